The van der Waals surface area contributed by atoms with Crippen LogP contribution in [-0.4, -0.2) is 22.4 Å². The minimum absolute atomic E-state index is 0.0494. The van der Waals surface area contributed by atoms with Gasteiger partial charge in [-0.1, -0.05) is 38.3 Å². The second kappa shape index (κ2) is 6.75. The van der Waals surface area contributed by atoms with Gasteiger partial charge in [0.25, 0.3) is 0 Å². The zero-order valence-corrected chi connectivity index (χ0v) is 12.8. The fourth-order valence-corrected chi connectivity index (χ4v) is 3.54. The molecule has 0 bridgehead atoms. The summed E-state index contributed by atoms with van der Waals surface area (Å²) in [4.78, 5) is 4.60. The number of aromatic nitrogens is 2. The van der Waals surface area contributed by atoms with Crippen molar-refractivity contribution in [2.24, 2.45) is 11.7 Å². The molecule has 4 nitrogen and oxygen atoms in total. The van der Waals surface area contributed by atoms with E-state index in [9.17, 15) is 0 Å². The van der Waals surface area contributed by atoms with E-state index in [1.165, 1.54) is 19.3 Å². The van der Waals surface area contributed by atoms with Crippen molar-refractivity contribution >= 4 is 11.8 Å². The number of thioether (sulfide) groups is 1. The molecule has 0 atom stereocenters. The summed E-state index contributed by atoms with van der Waals surface area (Å²) in [7, 11) is 0. The Morgan fingerprint density at radius 3 is 2.68 bits per heavy atom. The molecule has 1 fully saturated rings. The second-order valence-corrected chi connectivity index (χ2v) is 7.00. The monoisotopic (exact) mass is 283 g/mol. The number of hydrogen-bond donors (Lipinski definition) is 1. The van der Waals surface area contributed by atoms with Gasteiger partial charge in [0.2, 0.25) is 5.89 Å². The average molecular weight is 283 g/mol. The molecule has 0 aliphatic heterocycles. The van der Waals surface area contributed by atoms with Gasteiger partial charge < -0.3 is 10.3 Å². The quantitative estimate of drug-likeness (QED) is 0.869. The lowest BCUT2D eigenvalue weighted by atomic mass is 9.74. The van der Waals surface area contributed by atoms with Crippen LogP contribution in [0.2, 0.25) is 0 Å². The first-order chi connectivity index (χ1) is 9.16. The van der Waals surface area contributed by atoms with Crippen LogP contribution in [0.15, 0.2) is 4.52 Å². The van der Waals surface area contributed by atoms with Crippen LogP contribution in [0.1, 0.15) is 57.7 Å². The van der Waals surface area contributed by atoms with Gasteiger partial charge in [0.05, 0.1) is 11.2 Å². The third kappa shape index (κ3) is 3.72. The van der Waals surface area contributed by atoms with Gasteiger partial charge in [0.15, 0.2) is 5.82 Å². The molecule has 2 rings (SSSR count). The highest BCUT2D eigenvalue weighted by Crippen LogP contribution is 2.37. The molecule has 1 aliphatic rings. The second-order valence-electron chi connectivity index (χ2n) is 5.97. The summed E-state index contributed by atoms with van der Waals surface area (Å²) in [6, 6.07) is 0. The van der Waals surface area contributed by atoms with E-state index in [1.54, 1.807) is 0 Å². The molecule has 0 spiro atoms. The van der Waals surface area contributed by atoms with E-state index in [1.807, 2.05) is 11.8 Å². The standard InChI is InChI=1S/C14H25N3OS/c1-11(2)8-19-9-12-16-13(18-17-12)14(10-15)6-4-3-5-7-14/h11H,3-10,15H2,1-2H3. The van der Waals surface area contributed by atoms with Gasteiger partial charge in [-0.3, -0.25) is 0 Å². The summed E-state index contributed by atoms with van der Waals surface area (Å²) < 4.78 is 5.50. The predicted octanol–water partition coefficient (Wildman–Crippen LogP) is 3.12. The maximum atomic E-state index is 5.99. The molecule has 0 saturated heterocycles. The molecule has 0 aromatic carbocycles. The van der Waals surface area contributed by atoms with Gasteiger partial charge in [-0.15, -0.1) is 0 Å². The molecule has 2 N–H and O–H groups in total. The Balaban J connectivity index is 1.98. The van der Waals surface area contributed by atoms with E-state index in [2.05, 4.69) is 24.0 Å². The summed E-state index contributed by atoms with van der Waals surface area (Å²) >= 11 is 1.86. The van der Waals surface area contributed by atoms with E-state index in [0.717, 1.165) is 36.1 Å². The van der Waals surface area contributed by atoms with Crippen LogP contribution in [-0.2, 0) is 11.2 Å². The molecule has 1 saturated carbocycles. The lowest BCUT2D eigenvalue weighted by Gasteiger charge is -2.32. The van der Waals surface area contributed by atoms with Gasteiger partial charge in [-0.05, 0) is 24.5 Å². The van der Waals surface area contributed by atoms with Crippen molar-refractivity contribution < 1.29 is 4.52 Å². The fraction of sp³-hybridized carbons (Fsp3) is 0.857. The Morgan fingerprint density at radius 2 is 2.05 bits per heavy atom. The Hall–Kier alpha value is -0.550. The van der Waals surface area contributed by atoms with Crippen molar-refractivity contribution in [3.8, 4) is 0 Å². The maximum Gasteiger partial charge on any atom is 0.234 e. The molecule has 1 heterocycles. The highest BCUT2D eigenvalue weighted by Gasteiger charge is 2.37. The Morgan fingerprint density at radius 1 is 1.32 bits per heavy atom. The molecule has 1 aliphatic carbocycles. The van der Waals surface area contributed by atoms with E-state index in [0.29, 0.717) is 12.5 Å². The van der Waals surface area contributed by atoms with Crippen LogP contribution in [0, 0.1) is 5.92 Å². The van der Waals surface area contributed by atoms with Gasteiger partial charge in [0, 0.05) is 6.54 Å². The van der Waals surface area contributed by atoms with Gasteiger partial charge in [-0.25, -0.2) is 0 Å². The van der Waals surface area contributed by atoms with Crippen LogP contribution >= 0.6 is 11.8 Å². The van der Waals surface area contributed by atoms with Crippen molar-refractivity contribution in [3.05, 3.63) is 11.7 Å². The maximum absolute atomic E-state index is 5.99. The smallest absolute Gasteiger partial charge is 0.234 e. The highest BCUT2D eigenvalue weighted by molar-refractivity contribution is 7.98. The van der Waals surface area contributed by atoms with Crippen molar-refractivity contribution in [3.63, 3.8) is 0 Å². The van der Waals surface area contributed by atoms with E-state index < -0.39 is 0 Å². The first-order valence-electron chi connectivity index (χ1n) is 7.27. The summed E-state index contributed by atoms with van der Waals surface area (Å²) in [6.45, 7) is 5.06. The van der Waals surface area contributed by atoms with Crippen LogP contribution in [0.25, 0.3) is 0 Å². The first-order valence-corrected chi connectivity index (χ1v) is 8.42. The molecule has 108 valence electrons. The van der Waals surface area contributed by atoms with Gasteiger partial charge >= 0.3 is 0 Å². The minimum atomic E-state index is -0.0494. The molecule has 5 heteroatoms. The first kappa shape index (κ1) is 14.9. The van der Waals surface area contributed by atoms with Crippen molar-refractivity contribution in [1.29, 1.82) is 0 Å². The summed E-state index contributed by atoms with van der Waals surface area (Å²) in [5, 5.41) is 4.12. The van der Waals surface area contributed by atoms with Crippen molar-refractivity contribution in [1.82, 2.24) is 10.1 Å². The van der Waals surface area contributed by atoms with Crippen molar-refractivity contribution in [2.45, 2.75) is 57.1 Å². The van der Waals surface area contributed by atoms with Crippen LogP contribution in [0.4, 0.5) is 0 Å². The molecular formula is C14H25N3OS. The average Bonchev–Trinajstić information content (AvgIpc) is 2.88. The summed E-state index contributed by atoms with van der Waals surface area (Å²) in [6.07, 6.45) is 5.91. The van der Waals surface area contributed by atoms with E-state index in [-0.39, 0.29) is 5.41 Å². The lowest BCUT2D eigenvalue weighted by Crippen LogP contribution is -2.37. The SMILES string of the molecule is CC(C)CSCc1noc(C2(CN)CCCCC2)n1. The number of nitrogens with two attached hydrogens (primary N) is 1. The summed E-state index contributed by atoms with van der Waals surface area (Å²) in [5.41, 5.74) is 5.94. The summed E-state index contributed by atoms with van der Waals surface area (Å²) in [5.74, 6) is 4.26. The number of rotatable bonds is 6. The zero-order chi connectivity index (χ0) is 13.7. The highest BCUT2D eigenvalue weighted by atomic mass is 32.2. The number of hydrogen-bond acceptors (Lipinski definition) is 5. The molecule has 1 aromatic heterocycles. The number of nitrogens with zero attached hydrogens (tertiary/aromatic N) is 2. The lowest BCUT2D eigenvalue weighted by molar-refractivity contribution is 0.219. The van der Waals surface area contributed by atoms with Gasteiger partial charge in [-0.2, -0.15) is 16.7 Å². The Labute approximate surface area is 119 Å². The fourth-order valence-electron chi connectivity index (χ4n) is 2.65. The third-order valence-corrected chi connectivity index (χ3v) is 5.17. The topological polar surface area (TPSA) is 64.9 Å². The predicted molar refractivity (Wildman–Crippen MR) is 79.1 cm³/mol. The van der Waals surface area contributed by atoms with Gasteiger partial charge in [0.1, 0.15) is 0 Å². The van der Waals surface area contributed by atoms with E-state index in [4.69, 9.17) is 10.3 Å². The van der Waals surface area contributed by atoms with E-state index >= 15 is 0 Å². The van der Waals surface area contributed by atoms with Crippen LogP contribution in [0.3, 0.4) is 0 Å². The molecule has 0 unspecified atom stereocenters. The minimum Gasteiger partial charge on any atom is -0.339 e. The normalized spacial score (nSPS) is 18.9. The molecule has 0 amide bonds. The third-order valence-electron chi connectivity index (χ3n) is 3.81. The molecule has 19 heavy (non-hydrogen) atoms. The van der Waals surface area contributed by atoms with Crippen molar-refractivity contribution in [2.75, 3.05) is 12.3 Å². The largest absolute Gasteiger partial charge is 0.339 e. The van der Waals surface area contributed by atoms with Crippen LogP contribution < -0.4 is 5.73 Å². The van der Waals surface area contributed by atoms with Crippen LogP contribution in [0.5, 0.6) is 0 Å². The molecule has 0 radical (unpaired) electrons. The Kier molecular flexibility index (Phi) is 5.28. The zero-order valence-electron chi connectivity index (χ0n) is 12.0. The molecule has 1 aromatic rings. The Bertz CT molecular complexity index is 386. The molecular weight excluding hydrogens is 258 g/mol.